The standard InChI is InChI=1S/C53H109N2O6P/c1-3-5-7-9-11-13-15-17-19-21-23-25-27-29-31-33-35-37-39-41-43-45-47-53(57)55-51(50-61-62(58,59)60-49-48-54)52(56)46-44-42-40-38-36-34-32-30-28-26-24-22-20-18-16-14-12-10-8-6-4-2/h51-52,56H,3-50,54H2,1-2H3,(H,55,57)(H,58,59). The maximum absolute atomic E-state index is 12.9. The van der Waals surface area contributed by atoms with Gasteiger partial charge in [-0.1, -0.05) is 284 Å². The van der Waals surface area contributed by atoms with Crippen molar-refractivity contribution in [2.45, 2.75) is 315 Å². The second-order valence-corrected chi connectivity index (χ2v) is 20.6. The van der Waals surface area contributed by atoms with Gasteiger partial charge in [-0.25, -0.2) is 4.57 Å². The summed E-state index contributed by atoms with van der Waals surface area (Å²) in [4.78, 5) is 22.9. The van der Waals surface area contributed by atoms with Gasteiger partial charge in [-0.15, -0.1) is 0 Å². The molecule has 0 aliphatic rings. The van der Waals surface area contributed by atoms with E-state index in [0.29, 0.717) is 12.8 Å². The highest BCUT2D eigenvalue weighted by Crippen LogP contribution is 2.43. The van der Waals surface area contributed by atoms with Crippen LogP contribution in [0.25, 0.3) is 0 Å². The molecular formula is C53H109N2O6P. The SMILES string of the molecule is CCCCCCCCCCCCCCCCCCCCCCCCC(=O)NC(COP(=O)(O)OCCN)C(O)CCCCCCCCCCCCCCCCCCCCCCC. The highest BCUT2D eigenvalue weighted by Gasteiger charge is 2.27. The Morgan fingerprint density at radius 1 is 0.468 bits per heavy atom. The van der Waals surface area contributed by atoms with Crippen molar-refractivity contribution < 1.29 is 28.4 Å². The summed E-state index contributed by atoms with van der Waals surface area (Å²) in [5, 5.41) is 13.9. The topological polar surface area (TPSA) is 131 Å². The highest BCUT2D eigenvalue weighted by atomic mass is 31.2. The number of aliphatic hydroxyl groups excluding tert-OH is 1. The van der Waals surface area contributed by atoms with Gasteiger partial charge in [0.05, 0.1) is 25.4 Å². The molecule has 0 aromatic heterocycles. The molecule has 0 aliphatic heterocycles. The van der Waals surface area contributed by atoms with Crippen molar-refractivity contribution in [1.82, 2.24) is 5.32 Å². The molecule has 0 rings (SSSR count). The quantitative estimate of drug-likeness (QED) is 0.0353. The third-order valence-electron chi connectivity index (χ3n) is 13.0. The van der Waals surface area contributed by atoms with E-state index in [0.717, 1.165) is 38.5 Å². The molecule has 0 bridgehead atoms. The van der Waals surface area contributed by atoms with Crippen LogP contribution in [0.1, 0.15) is 303 Å². The predicted molar refractivity (Wildman–Crippen MR) is 268 cm³/mol. The van der Waals surface area contributed by atoms with Gasteiger partial charge in [0.1, 0.15) is 0 Å². The molecule has 5 N–H and O–H groups in total. The van der Waals surface area contributed by atoms with Gasteiger partial charge >= 0.3 is 7.82 Å². The summed E-state index contributed by atoms with van der Waals surface area (Å²) in [6.07, 6.45) is 57.1. The summed E-state index contributed by atoms with van der Waals surface area (Å²) in [6, 6.07) is -0.769. The molecule has 0 radical (unpaired) electrons. The Morgan fingerprint density at radius 2 is 0.742 bits per heavy atom. The lowest BCUT2D eigenvalue weighted by atomic mass is 10.0. The number of nitrogens with one attached hydrogen (secondary N) is 1. The summed E-state index contributed by atoms with van der Waals surface area (Å²) < 4.78 is 22.3. The van der Waals surface area contributed by atoms with Crippen LogP contribution >= 0.6 is 7.82 Å². The van der Waals surface area contributed by atoms with Crippen molar-refractivity contribution in [3.8, 4) is 0 Å². The van der Waals surface area contributed by atoms with E-state index >= 15 is 0 Å². The first kappa shape index (κ1) is 61.5. The molecule has 0 fully saturated rings. The highest BCUT2D eigenvalue weighted by molar-refractivity contribution is 7.47. The van der Waals surface area contributed by atoms with E-state index in [1.54, 1.807) is 0 Å². The van der Waals surface area contributed by atoms with E-state index in [1.165, 1.54) is 238 Å². The number of nitrogens with two attached hydrogens (primary N) is 1. The first-order valence-electron chi connectivity index (χ1n) is 27.7. The van der Waals surface area contributed by atoms with Crippen LogP contribution in [-0.2, 0) is 18.4 Å². The number of phosphoric ester groups is 1. The molecule has 0 saturated heterocycles. The molecule has 3 unspecified atom stereocenters. The molecule has 1 amide bonds. The molecular weight excluding hydrogens is 792 g/mol. The van der Waals surface area contributed by atoms with Crippen molar-refractivity contribution in [3.05, 3.63) is 0 Å². The van der Waals surface area contributed by atoms with Crippen LogP contribution in [-0.4, -0.2) is 47.8 Å². The first-order valence-corrected chi connectivity index (χ1v) is 29.1. The van der Waals surface area contributed by atoms with Gasteiger partial charge in [-0.3, -0.25) is 13.8 Å². The van der Waals surface area contributed by atoms with E-state index < -0.39 is 20.0 Å². The fraction of sp³-hybridized carbons (Fsp3) is 0.981. The zero-order chi connectivity index (χ0) is 45.3. The van der Waals surface area contributed by atoms with Gasteiger partial charge in [0.15, 0.2) is 0 Å². The number of amides is 1. The lowest BCUT2D eigenvalue weighted by Crippen LogP contribution is -2.46. The molecule has 0 heterocycles. The molecule has 0 saturated carbocycles. The van der Waals surface area contributed by atoms with Crippen molar-refractivity contribution >= 4 is 13.7 Å². The number of carbonyl (C=O) groups is 1. The number of rotatable bonds is 53. The van der Waals surface area contributed by atoms with Crippen molar-refractivity contribution in [2.24, 2.45) is 5.73 Å². The van der Waals surface area contributed by atoms with Gasteiger partial charge in [-0.2, -0.15) is 0 Å². The summed E-state index contributed by atoms with van der Waals surface area (Å²) in [7, 11) is -4.32. The number of aliphatic hydroxyl groups is 1. The molecule has 0 aliphatic carbocycles. The second-order valence-electron chi connectivity index (χ2n) is 19.2. The number of phosphoric acid groups is 1. The second kappa shape index (κ2) is 49.9. The zero-order valence-corrected chi connectivity index (χ0v) is 42.5. The Morgan fingerprint density at radius 3 is 1.03 bits per heavy atom. The van der Waals surface area contributed by atoms with E-state index in [-0.39, 0.29) is 25.7 Å². The summed E-state index contributed by atoms with van der Waals surface area (Å²) >= 11 is 0. The number of unbranched alkanes of at least 4 members (excludes halogenated alkanes) is 41. The van der Waals surface area contributed by atoms with Gasteiger partial charge in [0.2, 0.25) is 5.91 Å². The Balaban J connectivity index is 3.96. The zero-order valence-electron chi connectivity index (χ0n) is 41.6. The lowest BCUT2D eigenvalue weighted by molar-refractivity contribution is -0.123. The van der Waals surface area contributed by atoms with Crippen molar-refractivity contribution in [2.75, 3.05) is 19.8 Å². The van der Waals surface area contributed by atoms with E-state index in [2.05, 4.69) is 19.2 Å². The van der Waals surface area contributed by atoms with Gasteiger partial charge in [-0.05, 0) is 12.8 Å². The minimum atomic E-state index is -4.32. The average molecular weight is 901 g/mol. The van der Waals surface area contributed by atoms with Gasteiger partial charge in [0.25, 0.3) is 0 Å². The Kier molecular flexibility index (Phi) is 49.5. The lowest BCUT2D eigenvalue weighted by Gasteiger charge is -2.25. The molecule has 62 heavy (non-hydrogen) atoms. The average Bonchev–Trinajstić information content (AvgIpc) is 3.26. The Hall–Kier alpha value is -0.500. The third kappa shape index (κ3) is 47.5. The van der Waals surface area contributed by atoms with E-state index in [9.17, 15) is 19.4 Å². The maximum atomic E-state index is 12.9. The summed E-state index contributed by atoms with van der Waals surface area (Å²) in [5.74, 6) is -0.153. The van der Waals surface area contributed by atoms with Crippen LogP contribution in [0.15, 0.2) is 0 Å². The number of carbonyl (C=O) groups excluding carboxylic acids is 1. The smallest absolute Gasteiger partial charge is 0.391 e. The fourth-order valence-corrected chi connectivity index (χ4v) is 9.55. The number of hydrogen-bond donors (Lipinski definition) is 4. The van der Waals surface area contributed by atoms with E-state index in [1.807, 2.05) is 0 Å². The van der Waals surface area contributed by atoms with Crippen LogP contribution < -0.4 is 11.1 Å². The molecule has 3 atom stereocenters. The molecule has 9 heteroatoms. The fourth-order valence-electron chi connectivity index (χ4n) is 8.79. The van der Waals surface area contributed by atoms with E-state index in [4.69, 9.17) is 14.8 Å². The van der Waals surface area contributed by atoms with Crippen LogP contribution in [0.2, 0.25) is 0 Å². The monoisotopic (exact) mass is 901 g/mol. The Labute approximate surface area is 386 Å². The van der Waals surface area contributed by atoms with Crippen LogP contribution in [0.5, 0.6) is 0 Å². The molecule has 0 aromatic rings. The molecule has 0 spiro atoms. The normalized spacial score (nSPS) is 13.7. The molecule has 0 aromatic carbocycles. The number of hydrogen-bond acceptors (Lipinski definition) is 6. The van der Waals surface area contributed by atoms with Gasteiger partial charge in [0, 0.05) is 13.0 Å². The minimum absolute atomic E-state index is 0.0930. The van der Waals surface area contributed by atoms with Crippen molar-refractivity contribution in [1.29, 1.82) is 0 Å². The van der Waals surface area contributed by atoms with Crippen LogP contribution in [0.4, 0.5) is 0 Å². The van der Waals surface area contributed by atoms with Crippen molar-refractivity contribution in [3.63, 3.8) is 0 Å². The minimum Gasteiger partial charge on any atom is -0.391 e. The first-order chi connectivity index (χ1) is 30.4. The van der Waals surface area contributed by atoms with Crippen LogP contribution in [0.3, 0.4) is 0 Å². The summed E-state index contributed by atoms with van der Waals surface area (Å²) in [6.45, 7) is 4.27. The third-order valence-corrected chi connectivity index (χ3v) is 13.9. The largest absolute Gasteiger partial charge is 0.472 e. The van der Waals surface area contributed by atoms with Gasteiger partial charge < -0.3 is 21.1 Å². The molecule has 372 valence electrons. The predicted octanol–water partition coefficient (Wildman–Crippen LogP) is 16.5. The Bertz CT molecular complexity index is 942. The summed E-state index contributed by atoms with van der Waals surface area (Å²) in [5.41, 5.74) is 5.41. The maximum Gasteiger partial charge on any atom is 0.472 e. The van der Waals surface area contributed by atoms with Crippen LogP contribution in [0, 0.1) is 0 Å². The molecule has 8 nitrogen and oxygen atoms in total.